The SMILES string of the molecule is CCOC(=O)Oc1ccc(C(=O)Nc2ccc(CNC(=O)c3ccccc3O)cc2)cc1. The summed E-state index contributed by atoms with van der Waals surface area (Å²) in [4.78, 5) is 35.9. The van der Waals surface area contributed by atoms with E-state index in [9.17, 15) is 19.5 Å². The van der Waals surface area contributed by atoms with Gasteiger partial charge in [0.1, 0.15) is 11.5 Å². The Morgan fingerprint density at radius 3 is 2.22 bits per heavy atom. The highest BCUT2D eigenvalue weighted by Gasteiger charge is 2.11. The molecule has 0 heterocycles. The van der Waals surface area contributed by atoms with Crippen molar-refractivity contribution in [1.29, 1.82) is 0 Å². The van der Waals surface area contributed by atoms with E-state index in [4.69, 9.17) is 9.47 Å². The molecule has 0 saturated carbocycles. The third-order valence-electron chi connectivity index (χ3n) is 4.39. The molecule has 0 unspecified atom stereocenters. The number of nitrogens with one attached hydrogen (secondary N) is 2. The van der Waals surface area contributed by atoms with Gasteiger partial charge >= 0.3 is 6.16 Å². The lowest BCUT2D eigenvalue weighted by atomic mass is 10.1. The van der Waals surface area contributed by atoms with Crippen LogP contribution in [-0.2, 0) is 11.3 Å². The fourth-order valence-electron chi connectivity index (χ4n) is 2.77. The number of para-hydroxylation sites is 1. The van der Waals surface area contributed by atoms with E-state index in [2.05, 4.69) is 10.6 Å². The average molecular weight is 434 g/mol. The Kier molecular flexibility index (Phi) is 7.42. The number of carbonyl (C=O) groups is 3. The second kappa shape index (κ2) is 10.6. The molecule has 0 aliphatic rings. The summed E-state index contributed by atoms with van der Waals surface area (Å²) in [5.74, 6) is -0.511. The predicted molar refractivity (Wildman–Crippen MR) is 118 cm³/mol. The summed E-state index contributed by atoms with van der Waals surface area (Å²) in [6.07, 6.45) is -0.804. The molecule has 0 bridgehead atoms. The van der Waals surface area contributed by atoms with Gasteiger partial charge in [-0.2, -0.15) is 0 Å². The first-order valence-electron chi connectivity index (χ1n) is 9.87. The number of phenolic OH excluding ortho intramolecular Hbond substituents is 1. The van der Waals surface area contributed by atoms with Crippen molar-refractivity contribution >= 4 is 23.7 Å². The van der Waals surface area contributed by atoms with Gasteiger partial charge in [0.05, 0.1) is 12.2 Å². The average Bonchev–Trinajstić information content (AvgIpc) is 2.79. The van der Waals surface area contributed by atoms with Crippen LogP contribution in [0.3, 0.4) is 0 Å². The molecule has 3 aromatic rings. The summed E-state index contributed by atoms with van der Waals surface area (Å²) in [6, 6.07) is 19.4. The smallest absolute Gasteiger partial charge is 0.507 e. The lowest BCUT2D eigenvalue weighted by Gasteiger charge is -2.09. The second-order valence-corrected chi connectivity index (χ2v) is 6.66. The van der Waals surface area contributed by atoms with Crippen LogP contribution in [0.4, 0.5) is 10.5 Å². The van der Waals surface area contributed by atoms with Gasteiger partial charge in [0.15, 0.2) is 0 Å². The Hall–Kier alpha value is -4.33. The number of phenols is 1. The van der Waals surface area contributed by atoms with Crippen molar-refractivity contribution in [2.45, 2.75) is 13.5 Å². The summed E-state index contributed by atoms with van der Waals surface area (Å²) in [5, 5.41) is 15.2. The number of ether oxygens (including phenoxy) is 2. The van der Waals surface area contributed by atoms with E-state index in [1.54, 1.807) is 49.4 Å². The van der Waals surface area contributed by atoms with Gasteiger partial charge in [0.2, 0.25) is 0 Å². The normalized spacial score (nSPS) is 10.2. The number of anilines is 1. The fourth-order valence-corrected chi connectivity index (χ4v) is 2.77. The van der Waals surface area contributed by atoms with Gasteiger partial charge < -0.3 is 25.2 Å². The molecule has 0 atom stereocenters. The number of benzene rings is 3. The molecule has 164 valence electrons. The first-order valence-corrected chi connectivity index (χ1v) is 9.87. The van der Waals surface area contributed by atoms with Crippen molar-refractivity contribution < 1.29 is 29.0 Å². The monoisotopic (exact) mass is 434 g/mol. The first kappa shape index (κ1) is 22.4. The molecule has 0 radical (unpaired) electrons. The molecular formula is C24H22N2O6. The van der Waals surface area contributed by atoms with Gasteiger partial charge in [0.25, 0.3) is 11.8 Å². The third-order valence-corrected chi connectivity index (χ3v) is 4.39. The molecule has 2 amide bonds. The number of amides is 2. The number of hydrogen-bond donors (Lipinski definition) is 3. The molecule has 0 fully saturated rings. The van der Waals surface area contributed by atoms with Crippen LogP contribution in [0.2, 0.25) is 0 Å². The zero-order chi connectivity index (χ0) is 22.9. The molecule has 0 aliphatic heterocycles. The van der Waals surface area contributed by atoms with E-state index in [1.165, 1.54) is 30.3 Å². The van der Waals surface area contributed by atoms with E-state index >= 15 is 0 Å². The van der Waals surface area contributed by atoms with E-state index in [1.807, 2.05) is 0 Å². The molecule has 0 aromatic heterocycles. The Labute approximate surface area is 184 Å². The molecular weight excluding hydrogens is 412 g/mol. The summed E-state index contributed by atoms with van der Waals surface area (Å²) in [5.41, 5.74) is 2.00. The fraction of sp³-hybridized carbons (Fsp3) is 0.125. The van der Waals surface area contributed by atoms with Crippen LogP contribution < -0.4 is 15.4 Å². The topological polar surface area (TPSA) is 114 Å². The largest absolute Gasteiger partial charge is 0.513 e. The van der Waals surface area contributed by atoms with Crippen molar-refractivity contribution in [2.24, 2.45) is 0 Å². The van der Waals surface area contributed by atoms with Crippen LogP contribution in [0.5, 0.6) is 11.5 Å². The summed E-state index contributed by atoms with van der Waals surface area (Å²) < 4.78 is 9.65. The number of carbonyl (C=O) groups excluding carboxylic acids is 3. The summed E-state index contributed by atoms with van der Waals surface area (Å²) in [6.45, 7) is 2.15. The van der Waals surface area contributed by atoms with Gasteiger partial charge in [-0.15, -0.1) is 0 Å². The first-order chi connectivity index (χ1) is 15.5. The molecule has 32 heavy (non-hydrogen) atoms. The van der Waals surface area contributed by atoms with E-state index in [-0.39, 0.29) is 42.0 Å². The number of rotatable bonds is 7. The van der Waals surface area contributed by atoms with Crippen molar-refractivity contribution in [2.75, 3.05) is 11.9 Å². The zero-order valence-corrected chi connectivity index (χ0v) is 17.3. The molecule has 3 aromatic carbocycles. The summed E-state index contributed by atoms with van der Waals surface area (Å²) in [7, 11) is 0. The van der Waals surface area contributed by atoms with Crippen molar-refractivity contribution in [1.82, 2.24) is 5.32 Å². The highest BCUT2D eigenvalue weighted by Crippen LogP contribution is 2.17. The van der Waals surface area contributed by atoms with Gasteiger partial charge in [-0.1, -0.05) is 24.3 Å². The minimum absolute atomic E-state index is 0.0800. The Morgan fingerprint density at radius 1 is 0.875 bits per heavy atom. The van der Waals surface area contributed by atoms with Gasteiger partial charge in [-0.3, -0.25) is 9.59 Å². The van der Waals surface area contributed by atoms with E-state index < -0.39 is 6.16 Å². The standard InChI is InChI=1S/C24H22N2O6/c1-2-31-24(30)32-19-13-9-17(10-14-19)22(28)26-18-11-7-16(8-12-18)15-25-23(29)20-5-3-4-6-21(20)27/h3-14,27H,2,15H2,1H3,(H,25,29)(H,26,28). The maximum absolute atomic E-state index is 12.4. The van der Waals surface area contributed by atoms with Crippen LogP contribution >= 0.6 is 0 Å². The summed E-state index contributed by atoms with van der Waals surface area (Å²) >= 11 is 0. The van der Waals surface area contributed by atoms with Crippen molar-refractivity contribution in [3.05, 3.63) is 89.5 Å². The van der Waals surface area contributed by atoms with Crippen molar-refractivity contribution in [3.8, 4) is 11.5 Å². The molecule has 3 rings (SSSR count). The molecule has 8 heteroatoms. The zero-order valence-electron chi connectivity index (χ0n) is 17.3. The minimum atomic E-state index is -0.804. The Morgan fingerprint density at radius 2 is 1.56 bits per heavy atom. The van der Waals surface area contributed by atoms with Crippen LogP contribution in [0.1, 0.15) is 33.2 Å². The minimum Gasteiger partial charge on any atom is -0.507 e. The van der Waals surface area contributed by atoms with E-state index in [0.717, 1.165) is 5.56 Å². The Bertz CT molecular complexity index is 1090. The predicted octanol–water partition coefficient (Wildman–Crippen LogP) is 4.11. The van der Waals surface area contributed by atoms with Gasteiger partial charge in [-0.25, -0.2) is 4.79 Å². The van der Waals surface area contributed by atoms with Gasteiger partial charge in [-0.05, 0) is 61.0 Å². The molecule has 8 nitrogen and oxygen atoms in total. The van der Waals surface area contributed by atoms with Crippen LogP contribution in [0.25, 0.3) is 0 Å². The maximum Gasteiger partial charge on any atom is 0.513 e. The van der Waals surface area contributed by atoms with E-state index in [0.29, 0.717) is 11.3 Å². The highest BCUT2D eigenvalue weighted by molar-refractivity contribution is 6.04. The van der Waals surface area contributed by atoms with Gasteiger partial charge in [0, 0.05) is 17.8 Å². The Balaban J connectivity index is 1.52. The van der Waals surface area contributed by atoms with Crippen molar-refractivity contribution in [3.63, 3.8) is 0 Å². The number of hydrogen-bond acceptors (Lipinski definition) is 6. The molecule has 3 N–H and O–H groups in total. The maximum atomic E-state index is 12.4. The van der Waals surface area contributed by atoms with Crippen LogP contribution in [0, 0.1) is 0 Å². The second-order valence-electron chi connectivity index (χ2n) is 6.66. The molecule has 0 spiro atoms. The highest BCUT2D eigenvalue weighted by atomic mass is 16.7. The quantitative estimate of drug-likeness (QED) is 0.381. The lowest BCUT2D eigenvalue weighted by molar-refractivity contribution is 0.0946. The number of aromatic hydroxyl groups is 1. The van der Waals surface area contributed by atoms with Crippen LogP contribution in [-0.4, -0.2) is 29.7 Å². The molecule has 0 saturated heterocycles. The van der Waals surface area contributed by atoms with Crippen LogP contribution in [0.15, 0.2) is 72.8 Å². The molecule has 0 aliphatic carbocycles. The lowest BCUT2D eigenvalue weighted by Crippen LogP contribution is -2.22. The third kappa shape index (κ3) is 6.09.